The maximum absolute atomic E-state index is 11.9. The zero-order valence-electron chi connectivity index (χ0n) is 9.30. The Morgan fingerprint density at radius 3 is 2.53 bits per heavy atom. The lowest BCUT2D eigenvalue weighted by Crippen LogP contribution is -2.38. The number of nitrogens with zero attached hydrogens (tertiary/aromatic N) is 1. The second-order valence-corrected chi connectivity index (χ2v) is 4.81. The summed E-state index contributed by atoms with van der Waals surface area (Å²) in [6.07, 6.45) is -0.0251. The molecule has 0 aliphatic carbocycles. The highest BCUT2D eigenvalue weighted by Crippen LogP contribution is 2.23. The molecule has 15 heavy (non-hydrogen) atoms. The Bertz CT molecular complexity index is 238. The van der Waals surface area contributed by atoms with Gasteiger partial charge in [-0.3, -0.25) is 4.79 Å². The van der Waals surface area contributed by atoms with Crippen molar-refractivity contribution in [1.82, 2.24) is 4.90 Å². The monoisotopic (exact) mass is 221 g/mol. The first kappa shape index (κ1) is 12.4. The topological polar surface area (TPSA) is 29.5 Å². The third kappa shape index (κ3) is 3.41. The second kappa shape index (κ2) is 4.43. The van der Waals surface area contributed by atoms with Gasteiger partial charge in [-0.15, -0.1) is 0 Å². The van der Waals surface area contributed by atoms with Gasteiger partial charge in [-0.2, -0.15) is 8.78 Å². The van der Waals surface area contributed by atoms with Crippen molar-refractivity contribution in [2.45, 2.75) is 39.9 Å². The van der Waals surface area contributed by atoms with Crippen LogP contribution < -0.4 is 0 Å². The molecule has 1 heterocycles. The highest BCUT2D eigenvalue weighted by molar-refractivity contribution is 5.81. The summed E-state index contributed by atoms with van der Waals surface area (Å²) < 4.78 is 28.2. The molecule has 3 nitrogen and oxygen atoms in total. The number of likely N-dealkylation sites (tertiary alicyclic amines) is 1. The average molecular weight is 221 g/mol. The first-order chi connectivity index (χ1) is 6.80. The molecule has 1 aliphatic rings. The van der Waals surface area contributed by atoms with E-state index in [-0.39, 0.29) is 12.5 Å². The highest BCUT2D eigenvalue weighted by atomic mass is 19.3. The van der Waals surface area contributed by atoms with E-state index in [0.717, 1.165) is 0 Å². The lowest BCUT2D eigenvalue weighted by Gasteiger charge is -2.25. The molecule has 0 radical (unpaired) electrons. The van der Waals surface area contributed by atoms with Crippen LogP contribution >= 0.6 is 0 Å². The van der Waals surface area contributed by atoms with Gasteiger partial charge in [-0.1, -0.05) is 20.8 Å². The minimum absolute atomic E-state index is 0.0112. The van der Waals surface area contributed by atoms with Crippen molar-refractivity contribution in [2.75, 3.05) is 13.1 Å². The Hall–Kier alpha value is -0.710. The molecule has 0 N–H and O–H groups in total. The Morgan fingerprint density at radius 2 is 2.07 bits per heavy atom. The summed E-state index contributed by atoms with van der Waals surface area (Å²) in [4.78, 5) is 13.4. The lowest BCUT2D eigenvalue weighted by molar-refractivity contribution is -0.161. The Balaban J connectivity index is 2.46. The van der Waals surface area contributed by atoms with Crippen molar-refractivity contribution < 1.29 is 18.3 Å². The van der Waals surface area contributed by atoms with Crippen LogP contribution in [-0.4, -0.2) is 36.6 Å². The molecule has 1 amide bonds. The van der Waals surface area contributed by atoms with Crippen LogP contribution in [-0.2, 0) is 9.53 Å². The maximum Gasteiger partial charge on any atom is 0.345 e. The summed E-state index contributed by atoms with van der Waals surface area (Å²) in [5.74, 6) is -0.0112. The molecular weight excluding hydrogens is 204 g/mol. The molecule has 1 atom stereocenters. The minimum Gasteiger partial charge on any atom is -0.340 e. The molecule has 1 unspecified atom stereocenters. The van der Waals surface area contributed by atoms with Gasteiger partial charge in [-0.05, 0) is 6.42 Å². The summed E-state index contributed by atoms with van der Waals surface area (Å²) in [5.41, 5.74) is -0.459. The van der Waals surface area contributed by atoms with Crippen LogP contribution in [0, 0.1) is 5.41 Å². The molecular formula is C10H17F2NO2. The molecule has 88 valence electrons. The van der Waals surface area contributed by atoms with Gasteiger partial charge in [0.15, 0.2) is 0 Å². The number of amides is 1. The van der Waals surface area contributed by atoms with E-state index in [1.807, 2.05) is 20.8 Å². The summed E-state index contributed by atoms with van der Waals surface area (Å²) in [7, 11) is 0. The summed E-state index contributed by atoms with van der Waals surface area (Å²) in [6.45, 7) is 3.48. The minimum atomic E-state index is -2.75. The van der Waals surface area contributed by atoms with E-state index >= 15 is 0 Å². The van der Waals surface area contributed by atoms with Crippen LogP contribution in [0.4, 0.5) is 8.78 Å². The SMILES string of the molecule is CC(C)(C)C(=O)N1CCC(OC(F)F)C1. The van der Waals surface area contributed by atoms with Gasteiger partial charge in [0.25, 0.3) is 0 Å². The number of halogens is 2. The Morgan fingerprint density at radius 1 is 1.47 bits per heavy atom. The van der Waals surface area contributed by atoms with Crippen molar-refractivity contribution in [3.63, 3.8) is 0 Å². The van der Waals surface area contributed by atoms with Gasteiger partial charge in [0.1, 0.15) is 0 Å². The van der Waals surface area contributed by atoms with Gasteiger partial charge >= 0.3 is 6.61 Å². The third-order valence-corrected chi connectivity index (χ3v) is 2.37. The van der Waals surface area contributed by atoms with Crippen LogP contribution in [0.5, 0.6) is 0 Å². The second-order valence-electron chi connectivity index (χ2n) is 4.81. The molecule has 0 aromatic heterocycles. The normalized spacial score (nSPS) is 22.5. The van der Waals surface area contributed by atoms with E-state index < -0.39 is 18.1 Å². The maximum atomic E-state index is 11.9. The number of hydrogen-bond donors (Lipinski definition) is 0. The van der Waals surface area contributed by atoms with Crippen LogP contribution in [0.3, 0.4) is 0 Å². The van der Waals surface area contributed by atoms with Gasteiger partial charge < -0.3 is 9.64 Å². The van der Waals surface area contributed by atoms with E-state index in [4.69, 9.17) is 0 Å². The molecule has 0 bridgehead atoms. The fraction of sp³-hybridized carbons (Fsp3) is 0.900. The van der Waals surface area contributed by atoms with Gasteiger partial charge in [0.2, 0.25) is 5.91 Å². The number of hydrogen-bond acceptors (Lipinski definition) is 2. The zero-order valence-corrected chi connectivity index (χ0v) is 9.30. The van der Waals surface area contributed by atoms with Crippen molar-refractivity contribution >= 4 is 5.91 Å². The first-order valence-electron chi connectivity index (χ1n) is 5.03. The van der Waals surface area contributed by atoms with E-state index in [0.29, 0.717) is 13.0 Å². The zero-order chi connectivity index (χ0) is 11.6. The lowest BCUT2D eigenvalue weighted by atomic mass is 9.95. The molecule has 5 heteroatoms. The van der Waals surface area contributed by atoms with Crippen molar-refractivity contribution in [1.29, 1.82) is 0 Å². The summed E-state index contributed by atoms with van der Waals surface area (Å²) in [6, 6.07) is 0. The summed E-state index contributed by atoms with van der Waals surface area (Å²) >= 11 is 0. The van der Waals surface area contributed by atoms with Crippen LogP contribution in [0.15, 0.2) is 0 Å². The molecule has 0 spiro atoms. The Labute approximate surface area is 88.4 Å². The van der Waals surface area contributed by atoms with Crippen molar-refractivity contribution in [2.24, 2.45) is 5.41 Å². The molecule has 1 fully saturated rings. The number of carbonyl (C=O) groups is 1. The van der Waals surface area contributed by atoms with E-state index in [1.54, 1.807) is 4.90 Å². The molecule has 1 rings (SSSR count). The van der Waals surface area contributed by atoms with Crippen LogP contribution in [0.25, 0.3) is 0 Å². The highest BCUT2D eigenvalue weighted by Gasteiger charge is 2.33. The predicted octanol–water partition coefficient (Wildman–Crippen LogP) is 1.87. The van der Waals surface area contributed by atoms with Gasteiger partial charge in [0.05, 0.1) is 6.10 Å². The number of ether oxygens (including phenoxy) is 1. The van der Waals surface area contributed by atoms with Crippen molar-refractivity contribution in [3.05, 3.63) is 0 Å². The fourth-order valence-corrected chi connectivity index (χ4v) is 1.64. The predicted molar refractivity (Wildman–Crippen MR) is 51.5 cm³/mol. The largest absolute Gasteiger partial charge is 0.345 e. The number of rotatable bonds is 2. The van der Waals surface area contributed by atoms with Crippen molar-refractivity contribution in [3.8, 4) is 0 Å². The van der Waals surface area contributed by atoms with E-state index in [9.17, 15) is 13.6 Å². The first-order valence-corrected chi connectivity index (χ1v) is 5.03. The van der Waals surface area contributed by atoms with Crippen LogP contribution in [0.2, 0.25) is 0 Å². The molecule has 0 saturated carbocycles. The van der Waals surface area contributed by atoms with E-state index in [1.165, 1.54) is 0 Å². The van der Waals surface area contributed by atoms with Gasteiger partial charge in [0, 0.05) is 18.5 Å². The molecule has 1 aliphatic heterocycles. The number of alkyl halides is 2. The smallest absolute Gasteiger partial charge is 0.340 e. The van der Waals surface area contributed by atoms with E-state index in [2.05, 4.69) is 4.74 Å². The third-order valence-electron chi connectivity index (χ3n) is 2.37. The quantitative estimate of drug-likeness (QED) is 0.712. The standard InChI is InChI=1S/C10H17F2NO2/c1-10(2,3)8(14)13-5-4-7(6-13)15-9(11)12/h7,9H,4-6H2,1-3H3. The number of carbonyl (C=O) groups excluding carboxylic acids is 1. The average Bonchev–Trinajstić information content (AvgIpc) is 2.48. The Kier molecular flexibility index (Phi) is 3.65. The molecule has 0 aromatic rings. The molecule has 1 saturated heterocycles. The summed E-state index contributed by atoms with van der Waals surface area (Å²) in [5, 5.41) is 0. The fourth-order valence-electron chi connectivity index (χ4n) is 1.64. The molecule has 0 aromatic carbocycles. The van der Waals surface area contributed by atoms with Crippen LogP contribution in [0.1, 0.15) is 27.2 Å². The van der Waals surface area contributed by atoms with Gasteiger partial charge in [-0.25, -0.2) is 0 Å².